The zero-order valence-corrected chi connectivity index (χ0v) is 10.5. The minimum atomic E-state index is -1.48. The average molecular weight is 272 g/mol. The third-order valence-corrected chi connectivity index (χ3v) is 2.79. The number of benzene rings is 1. The lowest BCUT2D eigenvalue weighted by Crippen LogP contribution is -2.48. The summed E-state index contributed by atoms with van der Waals surface area (Å²) >= 11 is 0. The third kappa shape index (κ3) is 3.25. The number of carboxylic acids is 1. The number of hydrogen-bond acceptors (Lipinski definition) is 3. The van der Waals surface area contributed by atoms with E-state index in [4.69, 9.17) is 10.8 Å². The zero-order chi connectivity index (χ0) is 14.8. The van der Waals surface area contributed by atoms with Crippen LogP contribution in [0, 0.1) is 11.6 Å². The average Bonchev–Trinajstić information content (AvgIpc) is 2.32. The number of carboxylic acid groups (broad SMARTS) is 1. The maximum Gasteiger partial charge on any atom is 0.337 e. The highest BCUT2D eigenvalue weighted by atomic mass is 19.2. The predicted octanol–water partition coefficient (Wildman–Crippen LogP) is 1.73. The van der Waals surface area contributed by atoms with E-state index in [9.17, 15) is 18.4 Å². The van der Waals surface area contributed by atoms with Crippen molar-refractivity contribution in [3.63, 3.8) is 0 Å². The number of carbonyl (C=O) groups excluding carboxylic acids is 1. The van der Waals surface area contributed by atoms with E-state index in [0.29, 0.717) is 18.6 Å². The molecule has 1 aromatic rings. The number of hydrogen-bond donors (Lipinski definition) is 3. The lowest BCUT2D eigenvalue weighted by atomic mass is 9.99. The molecule has 7 heteroatoms. The molecule has 19 heavy (non-hydrogen) atoms. The van der Waals surface area contributed by atoms with E-state index in [1.807, 2.05) is 0 Å². The third-order valence-electron chi connectivity index (χ3n) is 2.79. The lowest BCUT2D eigenvalue weighted by molar-refractivity contribution is -0.120. The van der Waals surface area contributed by atoms with Gasteiger partial charge in [0, 0.05) is 6.07 Å². The maximum atomic E-state index is 13.1. The molecular weight excluding hydrogens is 258 g/mol. The summed E-state index contributed by atoms with van der Waals surface area (Å²) in [7, 11) is 0. The number of amides is 1. The highest BCUT2D eigenvalue weighted by Crippen LogP contribution is 2.21. The number of carbonyl (C=O) groups is 2. The van der Waals surface area contributed by atoms with Crippen molar-refractivity contribution in [2.24, 2.45) is 5.73 Å². The van der Waals surface area contributed by atoms with Gasteiger partial charge in [-0.2, -0.15) is 0 Å². The molecule has 4 N–H and O–H groups in total. The molecule has 0 saturated heterocycles. The molecule has 5 nitrogen and oxygen atoms in total. The number of nitrogens with one attached hydrogen (secondary N) is 1. The van der Waals surface area contributed by atoms with Crippen LogP contribution in [0.4, 0.5) is 14.5 Å². The fourth-order valence-corrected chi connectivity index (χ4v) is 1.25. The summed E-state index contributed by atoms with van der Waals surface area (Å²) in [5, 5.41) is 11.1. The lowest BCUT2D eigenvalue weighted by Gasteiger charge is -2.22. The maximum absolute atomic E-state index is 13.1. The van der Waals surface area contributed by atoms with Crippen LogP contribution in [0.15, 0.2) is 12.1 Å². The Morgan fingerprint density at radius 2 is 1.89 bits per heavy atom. The second-order valence-corrected chi connectivity index (χ2v) is 4.34. The Morgan fingerprint density at radius 3 is 2.37 bits per heavy atom. The summed E-state index contributed by atoms with van der Waals surface area (Å²) in [6.45, 7) is 3.12. The first-order valence-electron chi connectivity index (χ1n) is 5.51. The van der Waals surface area contributed by atoms with Crippen molar-refractivity contribution in [1.82, 2.24) is 0 Å². The molecule has 0 aliphatic heterocycles. The van der Waals surface area contributed by atoms with Gasteiger partial charge in [-0.1, -0.05) is 6.92 Å². The van der Waals surface area contributed by atoms with Crippen molar-refractivity contribution in [2.45, 2.75) is 25.8 Å². The number of anilines is 1. The van der Waals surface area contributed by atoms with Crippen molar-refractivity contribution >= 4 is 17.6 Å². The molecule has 1 amide bonds. The monoisotopic (exact) mass is 272 g/mol. The SMILES string of the molecule is CCC(C)(N)C(=O)Nc1cc(F)c(F)cc1C(=O)O. The molecule has 0 radical (unpaired) electrons. The topological polar surface area (TPSA) is 92.4 Å². The number of aromatic carboxylic acids is 1. The van der Waals surface area contributed by atoms with Crippen LogP contribution < -0.4 is 11.1 Å². The van der Waals surface area contributed by atoms with E-state index >= 15 is 0 Å². The van der Waals surface area contributed by atoms with E-state index in [-0.39, 0.29) is 5.69 Å². The van der Waals surface area contributed by atoms with Gasteiger partial charge in [-0.25, -0.2) is 13.6 Å². The quantitative estimate of drug-likeness (QED) is 0.778. The Morgan fingerprint density at radius 1 is 1.37 bits per heavy atom. The van der Waals surface area contributed by atoms with Crippen LogP contribution in [0.5, 0.6) is 0 Å². The fraction of sp³-hybridized carbons (Fsp3) is 0.333. The van der Waals surface area contributed by atoms with Gasteiger partial charge in [0.2, 0.25) is 5.91 Å². The van der Waals surface area contributed by atoms with Crippen LogP contribution in [-0.4, -0.2) is 22.5 Å². The van der Waals surface area contributed by atoms with Crippen LogP contribution >= 0.6 is 0 Å². The van der Waals surface area contributed by atoms with Gasteiger partial charge in [-0.05, 0) is 19.4 Å². The summed E-state index contributed by atoms with van der Waals surface area (Å²) in [5.74, 6) is -4.72. The normalized spacial score (nSPS) is 13.7. The summed E-state index contributed by atoms with van der Waals surface area (Å²) < 4.78 is 26.1. The molecule has 0 heterocycles. The largest absolute Gasteiger partial charge is 0.478 e. The fourth-order valence-electron chi connectivity index (χ4n) is 1.25. The Kier molecular flexibility index (Phi) is 4.21. The van der Waals surface area contributed by atoms with Crippen molar-refractivity contribution < 1.29 is 23.5 Å². The van der Waals surface area contributed by atoms with Crippen LogP contribution in [-0.2, 0) is 4.79 Å². The van der Waals surface area contributed by atoms with Crippen molar-refractivity contribution in [3.05, 3.63) is 29.3 Å². The van der Waals surface area contributed by atoms with Gasteiger partial charge in [0.15, 0.2) is 11.6 Å². The molecule has 1 atom stereocenters. The van der Waals surface area contributed by atoms with Gasteiger partial charge in [0.25, 0.3) is 0 Å². The molecule has 0 fully saturated rings. The van der Waals surface area contributed by atoms with Crippen LogP contribution in [0.3, 0.4) is 0 Å². The van der Waals surface area contributed by atoms with Crippen LogP contribution in [0.25, 0.3) is 0 Å². The summed E-state index contributed by atoms with van der Waals surface area (Å²) in [6.07, 6.45) is 0.297. The highest BCUT2D eigenvalue weighted by molar-refractivity contribution is 6.03. The van der Waals surface area contributed by atoms with Gasteiger partial charge < -0.3 is 16.2 Å². The highest BCUT2D eigenvalue weighted by Gasteiger charge is 2.27. The first-order valence-corrected chi connectivity index (χ1v) is 5.51. The summed E-state index contributed by atoms with van der Waals surface area (Å²) in [4.78, 5) is 22.7. The summed E-state index contributed by atoms with van der Waals surface area (Å²) in [5.41, 5.74) is 3.56. The molecule has 1 unspecified atom stereocenters. The molecule has 0 bridgehead atoms. The van der Waals surface area contributed by atoms with Crippen LogP contribution in [0.2, 0.25) is 0 Å². The van der Waals surface area contributed by atoms with Gasteiger partial charge in [0.1, 0.15) is 0 Å². The molecule has 0 saturated carbocycles. The molecular formula is C12H14F2N2O3. The standard InChI is InChI=1S/C12H14F2N2O3/c1-3-12(2,15)11(19)16-9-5-8(14)7(13)4-6(9)10(17)18/h4-5H,3,15H2,1-2H3,(H,16,19)(H,17,18). The van der Waals surface area contributed by atoms with E-state index in [2.05, 4.69) is 5.32 Å². The first-order chi connectivity index (χ1) is 8.69. The minimum Gasteiger partial charge on any atom is -0.478 e. The van der Waals surface area contributed by atoms with Crippen molar-refractivity contribution in [3.8, 4) is 0 Å². The molecule has 1 aromatic carbocycles. The molecule has 0 aliphatic rings. The molecule has 1 rings (SSSR count). The summed E-state index contributed by atoms with van der Waals surface area (Å²) in [6, 6.07) is 1.12. The minimum absolute atomic E-state index is 0.297. The van der Waals surface area contributed by atoms with E-state index in [0.717, 1.165) is 0 Å². The number of rotatable bonds is 4. The van der Waals surface area contributed by atoms with Crippen molar-refractivity contribution in [2.75, 3.05) is 5.32 Å². The smallest absolute Gasteiger partial charge is 0.337 e. The van der Waals surface area contributed by atoms with Gasteiger partial charge in [-0.15, -0.1) is 0 Å². The van der Waals surface area contributed by atoms with Crippen LogP contribution in [0.1, 0.15) is 30.6 Å². The molecule has 0 spiro atoms. The molecule has 0 aromatic heterocycles. The van der Waals surface area contributed by atoms with Crippen molar-refractivity contribution in [1.29, 1.82) is 0 Å². The zero-order valence-electron chi connectivity index (χ0n) is 10.5. The van der Waals surface area contributed by atoms with Gasteiger partial charge >= 0.3 is 5.97 Å². The number of halogens is 2. The van der Waals surface area contributed by atoms with E-state index in [1.54, 1.807) is 6.92 Å². The Bertz CT molecular complexity index is 530. The second kappa shape index (κ2) is 5.31. The van der Waals surface area contributed by atoms with Gasteiger partial charge in [-0.3, -0.25) is 4.79 Å². The Labute approximate surface area is 108 Å². The van der Waals surface area contributed by atoms with E-state index in [1.165, 1.54) is 6.92 Å². The molecule has 0 aliphatic carbocycles. The number of nitrogens with two attached hydrogens (primary N) is 1. The first kappa shape index (κ1) is 15.0. The van der Waals surface area contributed by atoms with E-state index < -0.39 is 34.6 Å². The Balaban J connectivity index is 3.17. The van der Waals surface area contributed by atoms with Gasteiger partial charge in [0.05, 0.1) is 16.8 Å². The predicted molar refractivity (Wildman–Crippen MR) is 64.8 cm³/mol. The Hall–Kier alpha value is -2.02. The molecule has 104 valence electrons. The second-order valence-electron chi connectivity index (χ2n) is 4.34.